The Balaban J connectivity index is 1.18. The number of benzene rings is 2. The number of rotatable bonds is 5. The predicted molar refractivity (Wildman–Crippen MR) is 131 cm³/mol. The van der Waals surface area contributed by atoms with E-state index < -0.39 is 5.82 Å². The lowest BCUT2D eigenvalue weighted by Crippen LogP contribution is -2.26. The number of hydrogen-bond acceptors (Lipinski definition) is 3. The highest BCUT2D eigenvalue weighted by Crippen LogP contribution is 2.43. The Labute approximate surface area is 202 Å². The van der Waals surface area contributed by atoms with E-state index in [2.05, 4.69) is 22.2 Å². The third-order valence-electron chi connectivity index (χ3n) is 7.83. The van der Waals surface area contributed by atoms with Crippen molar-refractivity contribution in [2.24, 2.45) is 5.92 Å². The third kappa shape index (κ3) is 4.28. The molecule has 6 rings (SSSR count). The first-order valence-electron chi connectivity index (χ1n) is 12.5. The molecule has 2 N–H and O–H groups in total. The van der Waals surface area contributed by atoms with Crippen molar-refractivity contribution in [2.45, 2.75) is 63.3 Å². The quantitative estimate of drug-likeness (QED) is 0.354. The summed E-state index contributed by atoms with van der Waals surface area (Å²) in [6, 6.07) is 9.93. The predicted octanol–water partition coefficient (Wildman–Crippen LogP) is 6.36. The van der Waals surface area contributed by atoms with Crippen molar-refractivity contribution in [2.75, 3.05) is 0 Å². The van der Waals surface area contributed by atoms with E-state index in [1.54, 1.807) is 18.2 Å². The van der Waals surface area contributed by atoms with Crippen molar-refractivity contribution in [3.63, 3.8) is 0 Å². The molecule has 2 aliphatic carbocycles. The lowest BCUT2D eigenvalue weighted by Gasteiger charge is -2.32. The first kappa shape index (κ1) is 22.1. The molecule has 7 heteroatoms. The van der Waals surface area contributed by atoms with Gasteiger partial charge >= 0.3 is 0 Å². The largest absolute Gasteiger partial charge is 0.349 e. The van der Waals surface area contributed by atoms with Crippen LogP contribution >= 0.6 is 0 Å². The summed E-state index contributed by atoms with van der Waals surface area (Å²) in [4.78, 5) is 24.8. The second-order valence-corrected chi connectivity index (χ2v) is 10.2. The first-order chi connectivity index (χ1) is 17.0. The normalized spacial score (nSPS) is 21.3. The number of aromatic amines is 1. The molecule has 2 aromatic carbocycles. The van der Waals surface area contributed by atoms with Crippen LogP contribution in [-0.4, -0.2) is 26.9 Å². The Bertz CT molecular complexity index is 1420. The topological polar surface area (TPSA) is 70.7 Å². The minimum absolute atomic E-state index is 0.0524. The maximum atomic E-state index is 14.6. The number of H-pyrrole nitrogens is 1. The summed E-state index contributed by atoms with van der Waals surface area (Å²) in [7, 11) is 0. The molecule has 35 heavy (non-hydrogen) atoms. The molecule has 2 saturated carbocycles. The highest BCUT2D eigenvalue weighted by molar-refractivity contribution is 5.98. The number of halogens is 2. The van der Waals surface area contributed by atoms with Gasteiger partial charge in [-0.05, 0) is 86.3 Å². The van der Waals surface area contributed by atoms with E-state index in [1.165, 1.54) is 17.7 Å². The Morgan fingerprint density at radius 2 is 1.83 bits per heavy atom. The molecule has 0 saturated heterocycles. The van der Waals surface area contributed by atoms with Crippen molar-refractivity contribution in [1.82, 2.24) is 20.3 Å². The Morgan fingerprint density at radius 3 is 2.60 bits per heavy atom. The lowest BCUT2D eigenvalue weighted by atomic mass is 9.73. The molecule has 0 bridgehead atoms. The number of carbonyl (C=O) groups excluding carboxylic acids is 1. The van der Waals surface area contributed by atoms with E-state index in [4.69, 9.17) is 4.98 Å². The van der Waals surface area contributed by atoms with Crippen molar-refractivity contribution in [3.05, 3.63) is 71.2 Å². The van der Waals surface area contributed by atoms with Crippen LogP contribution in [0, 0.1) is 17.6 Å². The smallest absolute Gasteiger partial charge is 0.254 e. The van der Waals surface area contributed by atoms with E-state index in [-0.39, 0.29) is 29.2 Å². The molecule has 2 aromatic heterocycles. The molecular weight excluding hydrogens is 446 g/mol. The van der Waals surface area contributed by atoms with E-state index in [0.717, 1.165) is 55.3 Å². The third-order valence-corrected chi connectivity index (χ3v) is 7.83. The van der Waals surface area contributed by atoms with E-state index in [9.17, 15) is 13.6 Å². The van der Waals surface area contributed by atoms with Crippen LogP contribution in [0.25, 0.3) is 21.9 Å². The Kier molecular flexibility index (Phi) is 5.50. The summed E-state index contributed by atoms with van der Waals surface area (Å²) in [5.41, 5.74) is 3.30. The summed E-state index contributed by atoms with van der Waals surface area (Å²) >= 11 is 0. The van der Waals surface area contributed by atoms with Gasteiger partial charge in [-0.2, -0.15) is 0 Å². The number of carbonyl (C=O) groups is 1. The molecular formula is C28H28F2N4O. The van der Waals surface area contributed by atoms with Crippen molar-refractivity contribution < 1.29 is 13.6 Å². The van der Waals surface area contributed by atoms with Gasteiger partial charge in [0.2, 0.25) is 0 Å². The van der Waals surface area contributed by atoms with Gasteiger partial charge in [0, 0.05) is 29.6 Å². The van der Waals surface area contributed by atoms with Crippen LogP contribution in [0.5, 0.6) is 0 Å². The minimum Gasteiger partial charge on any atom is -0.349 e. The van der Waals surface area contributed by atoms with Crippen LogP contribution in [0.4, 0.5) is 8.78 Å². The maximum Gasteiger partial charge on any atom is 0.254 e. The highest BCUT2D eigenvalue weighted by Gasteiger charge is 2.30. The monoisotopic (exact) mass is 474 g/mol. The average molecular weight is 475 g/mol. The molecule has 1 amide bonds. The zero-order valence-electron chi connectivity index (χ0n) is 19.7. The summed E-state index contributed by atoms with van der Waals surface area (Å²) in [5, 5.41) is 3.75. The number of nitrogens with one attached hydrogen (secondary N) is 2. The van der Waals surface area contributed by atoms with Gasteiger partial charge in [-0.1, -0.05) is 6.92 Å². The summed E-state index contributed by atoms with van der Waals surface area (Å²) in [5.74, 6) is 0.706. The van der Waals surface area contributed by atoms with E-state index in [1.807, 2.05) is 12.3 Å². The highest BCUT2D eigenvalue weighted by atomic mass is 19.1. The van der Waals surface area contributed by atoms with E-state index >= 15 is 0 Å². The number of pyridine rings is 1. The van der Waals surface area contributed by atoms with Gasteiger partial charge in [-0.25, -0.2) is 13.8 Å². The molecule has 0 spiro atoms. The molecule has 2 aliphatic rings. The van der Waals surface area contributed by atoms with Crippen molar-refractivity contribution in [3.8, 4) is 0 Å². The molecule has 2 fully saturated rings. The molecule has 0 aliphatic heterocycles. The van der Waals surface area contributed by atoms with Crippen molar-refractivity contribution in [1.29, 1.82) is 0 Å². The number of nitrogens with zero attached hydrogens (tertiary/aromatic N) is 2. The van der Waals surface area contributed by atoms with Gasteiger partial charge in [0.05, 0.1) is 22.1 Å². The molecule has 180 valence electrons. The second kappa shape index (κ2) is 8.70. The number of aromatic nitrogens is 3. The fourth-order valence-electron chi connectivity index (χ4n) is 5.58. The number of fused-ring (bicyclic) bond motifs is 2. The Hall–Kier alpha value is -3.35. The first-order valence-corrected chi connectivity index (χ1v) is 12.5. The van der Waals surface area contributed by atoms with Gasteiger partial charge in [0.15, 0.2) is 0 Å². The molecule has 2 heterocycles. The SMILES string of the molecule is CC(c1nc2cc(C(=O)NC3CC3)c(F)cc2[nH]1)C1CCC(c2ccnc3ccc(F)cc23)CC1. The number of imidazole rings is 1. The molecule has 5 nitrogen and oxygen atoms in total. The van der Waals surface area contributed by atoms with Gasteiger partial charge in [0.25, 0.3) is 5.91 Å². The molecule has 4 aromatic rings. The number of hydrogen-bond donors (Lipinski definition) is 2. The van der Waals surface area contributed by atoms with E-state index in [0.29, 0.717) is 22.9 Å². The van der Waals surface area contributed by atoms with Crippen LogP contribution in [0.2, 0.25) is 0 Å². The zero-order chi connectivity index (χ0) is 24.1. The Morgan fingerprint density at radius 1 is 1.03 bits per heavy atom. The molecule has 1 atom stereocenters. The van der Waals surface area contributed by atoms with Crippen LogP contribution in [0.15, 0.2) is 42.6 Å². The zero-order valence-corrected chi connectivity index (χ0v) is 19.7. The fraction of sp³-hybridized carbons (Fsp3) is 0.393. The summed E-state index contributed by atoms with van der Waals surface area (Å²) in [6.07, 6.45) is 7.83. The summed E-state index contributed by atoms with van der Waals surface area (Å²) in [6.45, 7) is 2.16. The minimum atomic E-state index is -0.528. The number of amides is 1. The van der Waals surface area contributed by atoms with Crippen LogP contribution in [0.1, 0.15) is 79.0 Å². The lowest BCUT2D eigenvalue weighted by molar-refractivity contribution is 0.0947. The van der Waals surface area contributed by atoms with Gasteiger partial charge in [0.1, 0.15) is 17.5 Å². The molecule has 1 unspecified atom stereocenters. The standard InChI is InChI=1S/C28H28F2N4O/c1-15(27-33-25-13-22(23(30)14-26(25)34-27)28(35)32-19-7-8-19)16-2-4-17(5-3-16)20-10-11-31-24-9-6-18(29)12-21(20)24/h6,9-17,19H,2-5,7-8H2,1H3,(H,32,35)(H,33,34). The van der Waals surface area contributed by atoms with Gasteiger partial charge < -0.3 is 10.3 Å². The second-order valence-electron chi connectivity index (χ2n) is 10.2. The summed E-state index contributed by atoms with van der Waals surface area (Å²) < 4.78 is 28.5. The average Bonchev–Trinajstić information content (AvgIpc) is 3.58. The van der Waals surface area contributed by atoms with Crippen molar-refractivity contribution >= 4 is 27.8 Å². The van der Waals surface area contributed by atoms with Crippen LogP contribution in [0.3, 0.4) is 0 Å². The van der Waals surface area contributed by atoms with Gasteiger partial charge in [-0.15, -0.1) is 0 Å². The molecule has 0 radical (unpaired) electrons. The fourth-order valence-corrected chi connectivity index (χ4v) is 5.58. The maximum absolute atomic E-state index is 14.6. The van der Waals surface area contributed by atoms with Crippen LogP contribution < -0.4 is 5.32 Å². The van der Waals surface area contributed by atoms with Crippen LogP contribution in [-0.2, 0) is 0 Å². The van der Waals surface area contributed by atoms with Gasteiger partial charge in [-0.3, -0.25) is 9.78 Å².